The summed E-state index contributed by atoms with van der Waals surface area (Å²) in [6.07, 6.45) is 28.9. The van der Waals surface area contributed by atoms with E-state index in [4.69, 9.17) is 9.47 Å². The molecule has 0 bridgehead atoms. The topological polar surface area (TPSA) is 89.9 Å². The number of hydrogen-bond acceptors (Lipinski definition) is 5. The number of ether oxygens (including phenoxy) is 2. The van der Waals surface area contributed by atoms with Gasteiger partial charge in [-0.25, -0.2) is 4.21 Å². The van der Waals surface area contributed by atoms with Crippen LogP contribution < -0.4 is 0 Å². The highest BCUT2D eigenvalue weighted by Gasteiger charge is 2.29. The first kappa shape index (κ1) is 38.0. The summed E-state index contributed by atoms with van der Waals surface area (Å²) < 4.78 is 31.5. The standard InChI is InChI=1S/C32H62O6S/c1-3-5-7-9-11-13-15-17-19-21-23-25-27-37-31(33)29-30(39(35)36)32(34)38-28-26-24-22-20-18-16-14-12-10-8-6-4-2/h30H,3-29H2,1-2H3,(H,35,36). The fourth-order valence-electron chi connectivity index (χ4n) is 4.79. The Labute approximate surface area is 243 Å². The quantitative estimate of drug-likeness (QED) is 0.0522. The molecule has 0 aliphatic rings. The van der Waals surface area contributed by atoms with Gasteiger partial charge in [0.05, 0.1) is 19.6 Å². The van der Waals surface area contributed by atoms with Crippen molar-refractivity contribution in [2.45, 2.75) is 180 Å². The Bertz CT molecular complexity index is 583. The zero-order valence-electron chi connectivity index (χ0n) is 25.6. The molecular weight excluding hydrogens is 512 g/mol. The molecular formula is C32H62O6S. The fourth-order valence-corrected chi connectivity index (χ4v) is 5.30. The molecule has 0 amide bonds. The third kappa shape index (κ3) is 27.0. The third-order valence-electron chi connectivity index (χ3n) is 7.36. The lowest BCUT2D eigenvalue weighted by Crippen LogP contribution is -2.31. The molecule has 1 N–H and O–H groups in total. The van der Waals surface area contributed by atoms with Crippen molar-refractivity contribution in [3.05, 3.63) is 0 Å². The van der Waals surface area contributed by atoms with Gasteiger partial charge in [-0.05, 0) is 12.8 Å². The van der Waals surface area contributed by atoms with Crippen LogP contribution in [-0.2, 0) is 30.1 Å². The second-order valence-electron chi connectivity index (χ2n) is 11.1. The van der Waals surface area contributed by atoms with E-state index in [1.165, 1.54) is 116 Å². The van der Waals surface area contributed by atoms with Crippen molar-refractivity contribution in [1.82, 2.24) is 0 Å². The van der Waals surface area contributed by atoms with Crippen LogP contribution in [0.2, 0.25) is 0 Å². The van der Waals surface area contributed by atoms with E-state index in [0.29, 0.717) is 0 Å². The van der Waals surface area contributed by atoms with E-state index in [1.54, 1.807) is 0 Å². The normalized spacial score (nSPS) is 12.8. The average molecular weight is 575 g/mol. The number of rotatable bonds is 30. The molecule has 0 rings (SSSR count). The molecule has 0 aliphatic heterocycles. The number of carbonyl (C=O) groups excluding carboxylic acids is 2. The predicted molar refractivity (Wildman–Crippen MR) is 163 cm³/mol. The molecule has 0 heterocycles. The highest BCUT2D eigenvalue weighted by molar-refractivity contribution is 7.80. The Morgan fingerprint density at radius 3 is 1.18 bits per heavy atom. The molecule has 0 saturated carbocycles. The first-order chi connectivity index (χ1) is 19.0. The van der Waals surface area contributed by atoms with Crippen molar-refractivity contribution >= 4 is 23.0 Å². The van der Waals surface area contributed by atoms with Crippen LogP contribution in [0, 0.1) is 0 Å². The van der Waals surface area contributed by atoms with Gasteiger partial charge in [0.15, 0.2) is 16.3 Å². The summed E-state index contributed by atoms with van der Waals surface area (Å²) >= 11 is -2.46. The zero-order valence-corrected chi connectivity index (χ0v) is 26.4. The van der Waals surface area contributed by atoms with E-state index in [2.05, 4.69) is 13.8 Å². The lowest BCUT2D eigenvalue weighted by atomic mass is 10.1. The molecule has 0 spiro atoms. The Kier molecular flexibility index (Phi) is 29.3. The predicted octanol–water partition coefficient (Wildman–Crippen LogP) is 9.46. The highest BCUT2D eigenvalue weighted by atomic mass is 32.2. The first-order valence-electron chi connectivity index (χ1n) is 16.4. The van der Waals surface area contributed by atoms with Gasteiger partial charge in [-0.3, -0.25) is 9.59 Å². The molecule has 0 aromatic rings. The Balaban J connectivity index is 3.70. The molecule has 2 atom stereocenters. The Morgan fingerprint density at radius 1 is 0.538 bits per heavy atom. The van der Waals surface area contributed by atoms with Gasteiger partial charge in [0.25, 0.3) is 0 Å². The molecule has 2 unspecified atom stereocenters. The minimum Gasteiger partial charge on any atom is -0.466 e. The van der Waals surface area contributed by atoms with Gasteiger partial charge in [-0.1, -0.05) is 155 Å². The van der Waals surface area contributed by atoms with Crippen molar-refractivity contribution in [3.8, 4) is 0 Å². The van der Waals surface area contributed by atoms with Gasteiger partial charge >= 0.3 is 11.9 Å². The Morgan fingerprint density at radius 2 is 0.846 bits per heavy atom. The van der Waals surface area contributed by atoms with Crippen LogP contribution in [0.25, 0.3) is 0 Å². The third-order valence-corrected chi connectivity index (χ3v) is 8.21. The van der Waals surface area contributed by atoms with Crippen LogP contribution in [0.1, 0.15) is 174 Å². The van der Waals surface area contributed by atoms with E-state index in [1.807, 2.05) is 0 Å². The maximum absolute atomic E-state index is 12.2. The molecule has 0 aliphatic carbocycles. The van der Waals surface area contributed by atoms with Gasteiger partial charge in [-0.2, -0.15) is 0 Å². The van der Waals surface area contributed by atoms with E-state index in [0.717, 1.165) is 38.5 Å². The number of carbonyl (C=O) groups is 2. The molecule has 6 nitrogen and oxygen atoms in total. The average Bonchev–Trinajstić information content (AvgIpc) is 2.92. The van der Waals surface area contributed by atoms with E-state index in [-0.39, 0.29) is 13.2 Å². The first-order valence-corrected chi connectivity index (χ1v) is 17.6. The highest BCUT2D eigenvalue weighted by Crippen LogP contribution is 2.14. The van der Waals surface area contributed by atoms with Crippen LogP contribution in [0.5, 0.6) is 0 Å². The van der Waals surface area contributed by atoms with Crippen LogP contribution in [-0.4, -0.2) is 39.2 Å². The SMILES string of the molecule is CCCCCCCCCCCCCCOC(=O)CC(C(=O)OCCCCCCCCCCCCCC)S(=O)O. The lowest BCUT2D eigenvalue weighted by Gasteiger charge is -2.12. The fraction of sp³-hybridized carbons (Fsp3) is 0.938. The summed E-state index contributed by atoms with van der Waals surface area (Å²) in [5.74, 6) is -1.41. The second kappa shape index (κ2) is 30.0. The number of unbranched alkanes of at least 4 members (excludes halogenated alkanes) is 22. The summed E-state index contributed by atoms with van der Waals surface area (Å²) in [7, 11) is 0. The molecule has 0 aromatic heterocycles. The molecule has 232 valence electrons. The Hall–Kier alpha value is -0.950. The van der Waals surface area contributed by atoms with Crippen LogP contribution >= 0.6 is 0 Å². The van der Waals surface area contributed by atoms with Crippen molar-refractivity contribution in [1.29, 1.82) is 0 Å². The van der Waals surface area contributed by atoms with Crippen molar-refractivity contribution in [3.63, 3.8) is 0 Å². The van der Waals surface area contributed by atoms with Crippen LogP contribution in [0.15, 0.2) is 0 Å². The van der Waals surface area contributed by atoms with Gasteiger partial charge in [-0.15, -0.1) is 0 Å². The van der Waals surface area contributed by atoms with Gasteiger partial charge in [0, 0.05) is 0 Å². The molecule has 39 heavy (non-hydrogen) atoms. The zero-order chi connectivity index (χ0) is 28.8. The molecule has 0 radical (unpaired) electrons. The molecule has 0 fully saturated rings. The van der Waals surface area contributed by atoms with E-state index < -0.39 is 34.7 Å². The second-order valence-corrected chi connectivity index (χ2v) is 12.3. The summed E-state index contributed by atoms with van der Waals surface area (Å²) in [5.41, 5.74) is 0. The summed E-state index contributed by atoms with van der Waals surface area (Å²) in [5, 5.41) is -1.38. The summed E-state index contributed by atoms with van der Waals surface area (Å²) in [6.45, 7) is 4.99. The smallest absolute Gasteiger partial charge is 0.324 e. The minimum absolute atomic E-state index is 0.220. The summed E-state index contributed by atoms with van der Waals surface area (Å²) in [4.78, 5) is 24.3. The van der Waals surface area contributed by atoms with Crippen molar-refractivity contribution < 1.29 is 27.8 Å². The number of esters is 2. The van der Waals surface area contributed by atoms with Gasteiger partial charge in [0.2, 0.25) is 0 Å². The van der Waals surface area contributed by atoms with Crippen LogP contribution in [0.4, 0.5) is 0 Å². The lowest BCUT2D eigenvalue weighted by molar-refractivity contribution is -0.150. The minimum atomic E-state index is -2.46. The maximum Gasteiger partial charge on any atom is 0.324 e. The van der Waals surface area contributed by atoms with Crippen LogP contribution in [0.3, 0.4) is 0 Å². The van der Waals surface area contributed by atoms with Gasteiger partial charge < -0.3 is 14.0 Å². The van der Waals surface area contributed by atoms with E-state index in [9.17, 15) is 18.4 Å². The molecule has 7 heteroatoms. The van der Waals surface area contributed by atoms with E-state index >= 15 is 0 Å². The monoisotopic (exact) mass is 574 g/mol. The largest absolute Gasteiger partial charge is 0.466 e. The number of hydrogen-bond donors (Lipinski definition) is 1. The molecule has 0 saturated heterocycles. The maximum atomic E-state index is 12.2. The molecule has 0 aromatic carbocycles. The van der Waals surface area contributed by atoms with Crippen molar-refractivity contribution in [2.24, 2.45) is 0 Å². The van der Waals surface area contributed by atoms with Crippen molar-refractivity contribution in [2.75, 3.05) is 13.2 Å². The summed E-state index contributed by atoms with van der Waals surface area (Å²) in [6, 6.07) is 0. The van der Waals surface area contributed by atoms with Gasteiger partial charge in [0.1, 0.15) is 0 Å².